The summed E-state index contributed by atoms with van der Waals surface area (Å²) in [6.07, 6.45) is 1.38. The summed E-state index contributed by atoms with van der Waals surface area (Å²) >= 11 is 0. The molecule has 1 heterocycles. The van der Waals surface area contributed by atoms with Crippen LogP contribution in [0.4, 0.5) is 4.79 Å². The predicted molar refractivity (Wildman–Crippen MR) is 103 cm³/mol. The van der Waals surface area contributed by atoms with E-state index >= 15 is 0 Å². The Bertz CT molecular complexity index is 692. The summed E-state index contributed by atoms with van der Waals surface area (Å²) in [5, 5.41) is 3.02. The summed E-state index contributed by atoms with van der Waals surface area (Å²) in [5.74, 6) is 0. The quantitative estimate of drug-likeness (QED) is 0.822. The lowest BCUT2D eigenvalue weighted by Crippen LogP contribution is -2.41. The fourth-order valence-corrected chi connectivity index (χ4v) is 3.49. The molecule has 0 bridgehead atoms. The van der Waals surface area contributed by atoms with Crippen molar-refractivity contribution in [1.29, 1.82) is 0 Å². The van der Waals surface area contributed by atoms with Crippen molar-refractivity contribution in [3.8, 4) is 0 Å². The number of carbonyl (C=O) groups excluding carboxylic acids is 1. The number of hydrogen-bond donors (Lipinski definition) is 1. The van der Waals surface area contributed by atoms with Crippen LogP contribution in [0.1, 0.15) is 72.1 Å². The molecule has 1 aromatic carbocycles. The number of rotatable bonds is 2. The predicted octanol–water partition coefficient (Wildman–Crippen LogP) is 3.50. The zero-order valence-corrected chi connectivity index (χ0v) is 16.9. The Labute approximate surface area is 156 Å². The Morgan fingerprint density at radius 1 is 1.19 bits per heavy atom. The first-order chi connectivity index (χ1) is 11.9. The molecular weight excluding hydrogens is 329 g/mol. The molecule has 1 aromatic rings. The third kappa shape index (κ3) is 3.62. The monoisotopic (exact) mass is 359 g/mol. The number of alkyl carbamates (subject to hydrolysis) is 1. The van der Waals surface area contributed by atoms with Crippen LogP contribution >= 0.6 is 0 Å². The van der Waals surface area contributed by atoms with E-state index in [0.29, 0.717) is 0 Å². The number of amides is 1. The first kappa shape index (κ1) is 19.2. The van der Waals surface area contributed by atoms with E-state index in [9.17, 15) is 4.79 Å². The minimum atomic E-state index is -0.517. The fourth-order valence-electron chi connectivity index (χ4n) is 3.49. The van der Waals surface area contributed by atoms with Crippen molar-refractivity contribution in [3.63, 3.8) is 0 Å². The first-order valence-corrected chi connectivity index (χ1v) is 9.36. The van der Waals surface area contributed by atoms with Gasteiger partial charge < -0.3 is 19.4 Å². The maximum atomic E-state index is 12.3. The molecule has 5 nitrogen and oxygen atoms in total. The van der Waals surface area contributed by atoms with E-state index in [4.69, 9.17) is 14.0 Å². The molecule has 1 amide bonds. The maximum absolute atomic E-state index is 12.3. The van der Waals surface area contributed by atoms with Gasteiger partial charge in [-0.15, -0.1) is 0 Å². The molecule has 1 saturated heterocycles. The summed E-state index contributed by atoms with van der Waals surface area (Å²) in [4.78, 5) is 12.3. The van der Waals surface area contributed by atoms with Gasteiger partial charge in [-0.25, -0.2) is 4.79 Å². The van der Waals surface area contributed by atoms with Gasteiger partial charge in [0.2, 0.25) is 0 Å². The van der Waals surface area contributed by atoms with E-state index in [0.717, 1.165) is 23.9 Å². The Hall–Kier alpha value is -1.53. The highest BCUT2D eigenvalue weighted by molar-refractivity contribution is 6.62. The van der Waals surface area contributed by atoms with Crippen molar-refractivity contribution in [1.82, 2.24) is 5.32 Å². The van der Waals surface area contributed by atoms with E-state index in [1.54, 1.807) is 0 Å². The molecule has 0 saturated carbocycles. The zero-order valence-electron chi connectivity index (χ0n) is 16.9. The zero-order chi connectivity index (χ0) is 19.3. The second-order valence-corrected chi connectivity index (χ2v) is 9.25. The second-order valence-electron chi connectivity index (χ2n) is 9.25. The molecule has 1 N–H and O–H groups in total. The Morgan fingerprint density at radius 2 is 1.81 bits per heavy atom. The third-order valence-electron chi connectivity index (χ3n) is 5.48. The van der Waals surface area contributed by atoms with Gasteiger partial charge in [-0.2, -0.15) is 0 Å². The fraction of sp³-hybridized carbons (Fsp3) is 0.650. The minimum absolute atomic E-state index is 0.0879. The molecule has 1 unspecified atom stereocenters. The summed E-state index contributed by atoms with van der Waals surface area (Å²) < 4.78 is 17.9. The van der Waals surface area contributed by atoms with Crippen LogP contribution in [0.2, 0.25) is 0 Å². The number of benzene rings is 1. The number of carbonyl (C=O) groups is 1. The van der Waals surface area contributed by atoms with Crippen LogP contribution in [0.25, 0.3) is 0 Å². The standard InChI is InChI=1S/C20H30BNO4/c1-18(2,3)24-17(23)22-15-12-11-13-9-8-10-14(16(13)15)21-25-19(4,5)20(6,7)26-21/h8-10,15H,11-12H2,1-7H3,(H,22,23). The molecule has 0 radical (unpaired) electrons. The Kier molecular flexibility index (Phi) is 4.64. The summed E-state index contributed by atoms with van der Waals surface area (Å²) in [6, 6.07) is 6.10. The molecule has 2 aliphatic rings. The summed E-state index contributed by atoms with van der Waals surface area (Å²) in [6.45, 7) is 13.8. The molecule has 26 heavy (non-hydrogen) atoms. The van der Waals surface area contributed by atoms with Gasteiger partial charge in [-0.05, 0) is 77.9 Å². The molecule has 1 fully saturated rings. The average molecular weight is 359 g/mol. The van der Waals surface area contributed by atoms with E-state index in [1.165, 1.54) is 5.56 Å². The van der Waals surface area contributed by atoms with Crippen molar-refractivity contribution in [2.24, 2.45) is 0 Å². The number of ether oxygens (including phenoxy) is 1. The Balaban J connectivity index is 1.86. The van der Waals surface area contributed by atoms with Gasteiger partial charge in [0.1, 0.15) is 5.60 Å². The summed E-state index contributed by atoms with van der Waals surface area (Å²) in [5.41, 5.74) is 2.03. The molecule has 1 aliphatic heterocycles. The molecular formula is C20H30BNO4. The van der Waals surface area contributed by atoms with Gasteiger partial charge >= 0.3 is 13.2 Å². The van der Waals surface area contributed by atoms with Crippen LogP contribution in [-0.2, 0) is 20.5 Å². The van der Waals surface area contributed by atoms with Crippen LogP contribution in [-0.4, -0.2) is 30.0 Å². The number of aryl methyl sites for hydroxylation is 1. The van der Waals surface area contributed by atoms with E-state index in [2.05, 4.69) is 11.4 Å². The van der Waals surface area contributed by atoms with Crippen LogP contribution in [0.5, 0.6) is 0 Å². The van der Waals surface area contributed by atoms with Crippen molar-refractivity contribution >= 4 is 18.7 Å². The van der Waals surface area contributed by atoms with Crippen LogP contribution in [0, 0.1) is 0 Å². The molecule has 142 valence electrons. The van der Waals surface area contributed by atoms with Gasteiger partial charge in [0, 0.05) is 0 Å². The largest absolute Gasteiger partial charge is 0.495 e. The molecule has 6 heteroatoms. The average Bonchev–Trinajstić information content (AvgIpc) is 2.95. The lowest BCUT2D eigenvalue weighted by Gasteiger charge is -2.32. The lowest BCUT2D eigenvalue weighted by atomic mass is 9.74. The lowest BCUT2D eigenvalue weighted by molar-refractivity contribution is 0.00578. The topological polar surface area (TPSA) is 56.8 Å². The highest BCUT2D eigenvalue weighted by Crippen LogP contribution is 2.38. The molecule has 1 aliphatic carbocycles. The van der Waals surface area contributed by atoms with Crippen LogP contribution < -0.4 is 10.8 Å². The SMILES string of the molecule is CC(C)(C)OC(=O)NC1CCc2cccc(B3OC(C)(C)C(C)(C)O3)c21. The van der Waals surface area contributed by atoms with Crippen molar-refractivity contribution in [2.75, 3.05) is 0 Å². The van der Waals surface area contributed by atoms with Gasteiger partial charge in [0.15, 0.2) is 0 Å². The normalized spacial score (nSPS) is 23.7. The minimum Gasteiger partial charge on any atom is -0.444 e. The van der Waals surface area contributed by atoms with Gasteiger partial charge in [0.25, 0.3) is 0 Å². The van der Waals surface area contributed by atoms with E-state index in [1.807, 2.05) is 60.6 Å². The van der Waals surface area contributed by atoms with Gasteiger partial charge in [0.05, 0.1) is 17.2 Å². The van der Waals surface area contributed by atoms with Gasteiger partial charge in [-0.1, -0.05) is 18.2 Å². The van der Waals surface area contributed by atoms with Crippen molar-refractivity contribution in [3.05, 3.63) is 29.3 Å². The summed E-state index contributed by atoms with van der Waals surface area (Å²) in [7, 11) is -0.434. The van der Waals surface area contributed by atoms with Crippen LogP contribution in [0.15, 0.2) is 18.2 Å². The molecule has 1 atom stereocenters. The van der Waals surface area contributed by atoms with E-state index < -0.39 is 23.9 Å². The van der Waals surface area contributed by atoms with Crippen molar-refractivity contribution < 1.29 is 18.8 Å². The first-order valence-electron chi connectivity index (χ1n) is 9.36. The number of nitrogens with one attached hydrogen (secondary N) is 1. The van der Waals surface area contributed by atoms with Crippen LogP contribution in [0.3, 0.4) is 0 Å². The molecule has 0 spiro atoms. The number of hydrogen-bond acceptors (Lipinski definition) is 4. The second kappa shape index (κ2) is 6.27. The number of fused-ring (bicyclic) bond motifs is 1. The van der Waals surface area contributed by atoms with E-state index in [-0.39, 0.29) is 12.1 Å². The maximum Gasteiger partial charge on any atom is 0.495 e. The molecule has 0 aromatic heterocycles. The Morgan fingerprint density at radius 3 is 2.38 bits per heavy atom. The molecule has 3 rings (SSSR count). The highest BCUT2D eigenvalue weighted by Gasteiger charge is 2.52. The van der Waals surface area contributed by atoms with Crippen molar-refractivity contribution in [2.45, 2.75) is 84.2 Å². The third-order valence-corrected chi connectivity index (χ3v) is 5.48. The van der Waals surface area contributed by atoms with Gasteiger partial charge in [-0.3, -0.25) is 0 Å². The highest BCUT2D eigenvalue weighted by atomic mass is 16.7. The smallest absolute Gasteiger partial charge is 0.444 e.